The summed E-state index contributed by atoms with van der Waals surface area (Å²) in [4.78, 5) is 11.9. The topological polar surface area (TPSA) is 29.1 Å². The van der Waals surface area contributed by atoms with E-state index in [1.165, 1.54) is 11.6 Å². The van der Waals surface area contributed by atoms with Crippen molar-refractivity contribution in [2.75, 3.05) is 5.32 Å². The molecule has 0 unspecified atom stereocenters. The van der Waals surface area contributed by atoms with Gasteiger partial charge in [-0.15, -0.1) is 0 Å². The molecule has 0 aliphatic carbocycles. The number of amides is 1. The highest BCUT2D eigenvalue weighted by Gasteiger charge is 2.03. The minimum absolute atomic E-state index is 0.156. The van der Waals surface area contributed by atoms with Gasteiger partial charge < -0.3 is 5.32 Å². The van der Waals surface area contributed by atoms with E-state index in [4.69, 9.17) is 11.6 Å². The van der Waals surface area contributed by atoms with E-state index in [1.807, 2.05) is 30.3 Å². The van der Waals surface area contributed by atoms with Crippen molar-refractivity contribution in [2.24, 2.45) is 0 Å². The first-order valence-electron chi connectivity index (χ1n) is 7.43. The van der Waals surface area contributed by atoms with Crippen LogP contribution in [0.15, 0.2) is 54.6 Å². The smallest absolute Gasteiger partial charge is 0.248 e. The Hall–Kier alpha value is -2.06. The molecule has 2 aromatic rings. The monoisotopic (exact) mass is 313 g/mol. The number of hydrogen-bond donors (Lipinski definition) is 1. The van der Waals surface area contributed by atoms with Crippen LogP contribution in [-0.4, -0.2) is 5.91 Å². The lowest BCUT2D eigenvalue weighted by molar-refractivity contribution is -0.111. The van der Waals surface area contributed by atoms with E-state index in [0.29, 0.717) is 10.9 Å². The van der Waals surface area contributed by atoms with Crippen LogP contribution in [0.3, 0.4) is 0 Å². The Balaban J connectivity index is 1.97. The summed E-state index contributed by atoms with van der Waals surface area (Å²) in [7, 11) is 0. The SMILES string of the molecule is CC[C@H](C)c1ccc(NC(=O)/C=C/c2cccc(Cl)c2)cc1. The molecule has 1 atom stereocenters. The van der Waals surface area contributed by atoms with Gasteiger partial charge in [-0.1, -0.05) is 49.7 Å². The Morgan fingerprint density at radius 1 is 1.23 bits per heavy atom. The van der Waals surface area contributed by atoms with Crippen molar-refractivity contribution < 1.29 is 4.79 Å². The zero-order valence-electron chi connectivity index (χ0n) is 12.8. The normalized spacial score (nSPS) is 12.3. The van der Waals surface area contributed by atoms with Crippen molar-refractivity contribution in [2.45, 2.75) is 26.2 Å². The van der Waals surface area contributed by atoms with E-state index in [-0.39, 0.29) is 5.91 Å². The van der Waals surface area contributed by atoms with Gasteiger partial charge in [0.15, 0.2) is 0 Å². The highest BCUT2D eigenvalue weighted by molar-refractivity contribution is 6.30. The molecule has 22 heavy (non-hydrogen) atoms. The summed E-state index contributed by atoms with van der Waals surface area (Å²) in [5.74, 6) is 0.378. The van der Waals surface area contributed by atoms with Gasteiger partial charge in [0.1, 0.15) is 0 Å². The number of anilines is 1. The van der Waals surface area contributed by atoms with E-state index >= 15 is 0 Å². The number of carbonyl (C=O) groups excluding carboxylic acids is 1. The standard InChI is InChI=1S/C19H20ClNO/c1-3-14(2)16-8-10-18(11-9-16)21-19(22)12-7-15-5-4-6-17(20)13-15/h4-14H,3H2,1-2H3,(H,21,22)/b12-7+/t14-/m0/s1. The molecule has 0 bridgehead atoms. The fourth-order valence-electron chi connectivity index (χ4n) is 2.10. The predicted octanol–water partition coefficient (Wildman–Crippen LogP) is 5.51. The van der Waals surface area contributed by atoms with Gasteiger partial charge in [0.25, 0.3) is 0 Å². The van der Waals surface area contributed by atoms with Crippen LogP contribution in [0.25, 0.3) is 6.08 Å². The molecule has 2 nitrogen and oxygen atoms in total. The zero-order valence-corrected chi connectivity index (χ0v) is 13.6. The third kappa shape index (κ3) is 4.74. The summed E-state index contributed by atoms with van der Waals surface area (Å²) >= 11 is 5.91. The molecule has 0 heterocycles. The number of hydrogen-bond acceptors (Lipinski definition) is 1. The second-order valence-corrected chi connectivity index (χ2v) is 5.75. The summed E-state index contributed by atoms with van der Waals surface area (Å²) in [6.07, 6.45) is 4.36. The molecule has 0 aliphatic rings. The Morgan fingerprint density at radius 3 is 2.59 bits per heavy atom. The lowest BCUT2D eigenvalue weighted by Gasteiger charge is -2.09. The van der Waals surface area contributed by atoms with Crippen LogP contribution in [-0.2, 0) is 4.79 Å². The first kappa shape index (κ1) is 16.3. The van der Waals surface area contributed by atoms with Crippen molar-refractivity contribution >= 4 is 29.3 Å². The lowest BCUT2D eigenvalue weighted by Crippen LogP contribution is -2.07. The molecule has 2 aromatic carbocycles. The third-order valence-corrected chi connectivity index (χ3v) is 3.87. The summed E-state index contributed by atoms with van der Waals surface area (Å²) in [5, 5.41) is 3.51. The van der Waals surface area contributed by atoms with Crippen LogP contribution in [0.4, 0.5) is 5.69 Å². The van der Waals surface area contributed by atoms with Crippen molar-refractivity contribution in [1.29, 1.82) is 0 Å². The lowest BCUT2D eigenvalue weighted by atomic mass is 9.99. The van der Waals surface area contributed by atoms with Crippen molar-refractivity contribution in [3.8, 4) is 0 Å². The van der Waals surface area contributed by atoms with Crippen LogP contribution in [0.2, 0.25) is 5.02 Å². The fraction of sp³-hybridized carbons (Fsp3) is 0.211. The first-order chi connectivity index (χ1) is 10.6. The van der Waals surface area contributed by atoms with Gasteiger partial charge in [-0.2, -0.15) is 0 Å². The largest absolute Gasteiger partial charge is 0.323 e. The molecule has 3 heteroatoms. The molecular weight excluding hydrogens is 294 g/mol. The van der Waals surface area contributed by atoms with E-state index < -0.39 is 0 Å². The second kappa shape index (κ2) is 7.81. The van der Waals surface area contributed by atoms with Crippen LogP contribution in [0.5, 0.6) is 0 Å². The van der Waals surface area contributed by atoms with Gasteiger partial charge in [-0.05, 0) is 53.8 Å². The van der Waals surface area contributed by atoms with Crippen molar-refractivity contribution in [1.82, 2.24) is 0 Å². The van der Waals surface area contributed by atoms with Crippen LogP contribution < -0.4 is 5.32 Å². The summed E-state index contributed by atoms with van der Waals surface area (Å²) in [5.41, 5.74) is 2.98. The number of benzene rings is 2. The van der Waals surface area contributed by atoms with Gasteiger partial charge >= 0.3 is 0 Å². The molecule has 0 fully saturated rings. The van der Waals surface area contributed by atoms with Gasteiger partial charge in [0.2, 0.25) is 5.91 Å². The third-order valence-electron chi connectivity index (χ3n) is 3.64. The van der Waals surface area contributed by atoms with Crippen LogP contribution in [0.1, 0.15) is 37.3 Å². The van der Waals surface area contributed by atoms with Crippen molar-refractivity contribution in [3.05, 3.63) is 70.8 Å². The van der Waals surface area contributed by atoms with E-state index in [9.17, 15) is 4.79 Å². The molecule has 1 N–H and O–H groups in total. The van der Waals surface area contributed by atoms with Gasteiger partial charge in [-0.3, -0.25) is 4.79 Å². The van der Waals surface area contributed by atoms with E-state index in [0.717, 1.165) is 17.7 Å². The van der Waals surface area contributed by atoms with Gasteiger partial charge in [-0.25, -0.2) is 0 Å². The quantitative estimate of drug-likeness (QED) is 0.725. The molecule has 0 saturated heterocycles. The minimum atomic E-state index is -0.156. The molecule has 0 radical (unpaired) electrons. The Kier molecular flexibility index (Phi) is 5.79. The second-order valence-electron chi connectivity index (χ2n) is 5.31. The average Bonchev–Trinajstić information content (AvgIpc) is 2.53. The Morgan fingerprint density at radius 2 is 1.95 bits per heavy atom. The maximum Gasteiger partial charge on any atom is 0.248 e. The number of carbonyl (C=O) groups is 1. The maximum absolute atomic E-state index is 11.9. The fourth-order valence-corrected chi connectivity index (χ4v) is 2.30. The zero-order chi connectivity index (χ0) is 15.9. The number of rotatable bonds is 5. The molecule has 114 valence electrons. The molecule has 0 aromatic heterocycles. The molecule has 0 spiro atoms. The minimum Gasteiger partial charge on any atom is -0.323 e. The summed E-state index contributed by atoms with van der Waals surface area (Å²) < 4.78 is 0. The summed E-state index contributed by atoms with van der Waals surface area (Å²) in [6, 6.07) is 15.4. The first-order valence-corrected chi connectivity index (χ1v) is 7.81. The van der Waals surface area contributed by atoms with Crippen LogP contribution in [0, 0.1) is 0 Å². The van der Waals surface area contributed by atoms with Crippen LogP contribution >= 0.6 is 11.6 Å². The molecule has 2 rings (SSSR count). The van der Waals surface area contributed by atoms with Crippen molar-refractivity contribution in [3.63, 3.8) is 0 Å². The molecule has 1 amide bonds. The van der Waals surface area contributed by atoms with Gasteiger partial charge in [0, 0.05) is 16.8 Å². The molecule has 0 saturated carbocycles. The Bertz CT molecular complexity index is 661. The molecule has 0 aliphatic heterocycles. The predicted molar refractivity (Wildman–Crippen MR) is 94.3 cm³/mol. The van der Waals surface area contributed by atoms with E-state index in [1.54, 1.807) is 12.1 Å². The number of halogens is 1. The van der Waals surface area contributed by atoms with Gasteiger partial charge in [0.05, 0.1) is 0 Å². The maximum atomic E-state index is 11.9. The highest BCUT2D eigenvalue weighted by Crippen LogP contribution is 2.20. The van der Waals surface area contributed by atoms with E-state index in [2.05, 4.69) is 31.3 Å². The average molecular weight is 314 g/mol. The highest BCUT2D eigenvalue weighted by atomic mass is 35.5. The summed E-state index contributed by atoms with van der Waals surface area (Å²) in [6.45, 7) is 4.36. The Labute approximate surface area is 136 Å². The molecular formula is C19H20ClNO. The number of nitrogens with one attached hydrogen (secondary N) is 1.